The molecule has 3 aromatic rings. The van der Waals surface area contributed by atoms with Gasteiger partial charge in [-0.2, -0.15) is 0 Å². The molecular formula is C20H15NO4. The van der Waals surface area contributed by atoms with Crippen molar-refractivity contribution >= 4 is 17.4 Å². The van der Waals surface area contributed by atoms with E-state index in [1.54, 1.807) is 18.2 Å². The maximum atomic E-state index is 13.3. The second kappa shape index (κ2) is 5.94. The van der Waals surface area contributed by atoms with Crippen molar-refractivity contribution in [3.63, 3.8) is 0 Å². The van der Waals surface area contributed by atoms with Gasteiger partial charge in [0.25, 0.3) is 0 Å². The second-order valence-electron chi connectivity index (χ2n) is 5.96. The number of carboxylic acids is 1. The van der Waals surface area contributed by atoms with E-state index in [1.807, 2.05) is 30.3 Å². The van der Waals surface area contributed by atoms with Crippen LogP contribution in [0, 0.1) is 0 Å². The van der Waals surface area contributed by atoms with Crippen LogP contribution in [0.15, 0.2) is 71.5 Å². The van der Waals surface area contributed by atoms with E-state index in [-0.39, 0.29) is 23.0 Å². The van der Waals surface area contributed by atoms with E-state index < -0.39 is 11.9 Å². The van der Waals surface area contributed by atoms with Crippen LogP contribution in [-0.4, -0.2) is 16.9 Å². The highest BCUT2D eigenvalue weighted by molar-refractivity contribution is 6.14. The highest BCUT2D eigenvalue weighted by atomic mass is 16.4. The van der Waals surface area contributed by atoms with Gasteiger partial charge in [-0.05, 0) is 23.8 Å². The molecule has 2 aromatic carbocycles. The molecular weight excluding hydrogens is 318 g/mol. The van der Waals surface area contributed by atoms with E-state index in [2.05, 4.69) is 5.32 Å². The standard InChI is InChI=1S/C20H15NO4/c22-19-16(13-9-10-25-11-13)18(12-5-2-1-3-6-12)21-15-8-4-7-14(17(15)19)20(23)24/h1-11,16,18,21H,(H,23,24). The van der Waals surface area contributed by atoms with Crippen molar-refractivity contribution in [2.75, 3.05) is 5.32 Å². The molecule has 0 amide bonds. The summed E-state index contributed by atoms with van der Waals surface area (Å²) < 4.78 is 5.17. The fourth-order valence-electron chi connectivity index (χ4n) is 3.41. The van der Waals surface area contributed by atoms with Crippen molar-refractivity contribution in [1.29, 1.82) is 0 Å². The Morgan fingerprint density at radius 2 is 1.80 bits per heavy atom. The third-order valence-electron chi connectivity index (χ3n) is 4.53. The minimum Gasteiger partial charge on any atom is -0.478 e. The van der Waals surface area contributed by atoms with E-state index in [0.29, 0.717) is 5.69 Å². The summed E-state index contributed by atoms with van der Waals surface area (Å²) in [5.41, 5.74) is 2.44. The molecule has 4 rings (SSSR count). The van der Waals surface area contributed by atoms with Crippen LogP contribution >= 0.6 is 0 Å². The molecule has 124 valence electrons. The van der Waals surface area contributed by atoms with Gasteiger partial charge >= 0.3 is 5.97 Å². The molecule has 1 aliphatic rings. The molecule has 5 heteroatoms. The molecule has 0 bridgehead atoms. The second-order valence-corrected chi connectivity index (χ2v) is 5.96. The summed E-state index contributed by atoms with van der Waals surface area (Å²) in [7, 11) is 0. The lowest BCUT2D eigenvalue weighted by Crippen LogP contribution is -2.33. The summed E-state index contributed by atoms with van der Waals surface area (Å²) in [6.07, 6.45) is 3.05. The number of ketones is 1. The van der Waals surface area contributed by atoms with Crippen molar-refractivity contribution in [1.82, 2.24) is 0 Å². The minimum absolute atomic E-state index is 0.00927. The molecule has 0 radical (unpaired) electrons. The van der Waals surface area contributed by atoms with Gasteiger partial charge in [-0.3, -0.25) is 4.79 Å². The Labute approximate surface area is 143 Å². The normalized spacial score (nSPS) is 19.1. The number of carbonyl (C=O) groups is 2. The molecule has 0 saturated carbocycles. The maximum absolute atomic E-state index is 13.3. The van der Waals surface area contributed by atoms with Crippen molar-refractivity contribution in [2.24, 2.45) is 0 Å². The number of furan rings is 1. The Bertz CT molecular complexity index is 932. The molecule has 1 aromatic heterocycles. The molecule has 1 aliphatic heterocycles. The molecule has 2 atom stereocenters. The van der Waals surface area contributed by atoms with Crippen molar-refractivity contribution in [2.45, 2.75) is 12.0 Å². The van der Waals surface area contributed by atoms with Crippen LogP contribution in [0.1, 0.15) is 43.8 Å². The molecule has 0 saturated heterocycles. The Hall–Kier alpha value is -3.34. The lowest BCUT2D eigenvalue weighted by atomic mass is 9.78. The molecule has 0 aliphatic carbocycles. The predicted octanol–water partition coefficient (Wildman–Crippen LogP) is 4.11. The molecule has 2 N–H and O–H groups in total. The van der Waals surface area contributed by atoms with Crippen molar-refractivity contribution < 1.29 is 19.1 Å². The predicted molar refractivity (Wildman–Crippen MR) is 92.0 cm³/mol. The van der Waals surface area contributed by atoms with Gasteiger partial charge in [-0.15, -0.1) is 0 Å². The number of nitrogens with one attached hydrogen (secondary N) is 1. The number of hydrogen-bond acceptors (Lipinski definition) is 4. The average molecular weight is 333 g/mol. The highest BCUT2D eigenvalue weighted by Crippen LogP contribution is 2.43. The first-order chi connectivity index (χ1) is 12.2. The van der Waals surface area contributed by atoms with Crippen LogP contribution in [0.4, 0.5) is 5.69 Å². The first kappa shape index (κ1) is 15.2. The number of hydrogen-bond donors (Lipinski definition) is 2. The fourth-order valence-corrected chi connectivity index (χ4v) is 3.41. The van der Waals surface area contributed by atoms with Crippen LogP contribution < -0.4 is 5.32 Å². The van der Waals surface area contributed by atoms with E-state index in [9.17, 15) is 14.7 Å². The van der Waals surface area contributed by atoms with Gasteiger partial charge in [-0.1, -0.05) is 36.4 Å². The van der Waals surface area contributed by atoms with E-state index in [0.717, 1.165) is 11.1 Å². The van der Waals surface area contributed by atoms with Crippen LogP contribution in [0.3, 0.4) is 0 Å². The van der Waals surface area contributed by atoms with E-state index >= 15 is 0 Å². The first-order valence-electron chi connectivity index (χ1n) is 7.91. The number of fused-ring (bicyclic) bond motifs is 1. The molecule has 2 unspecified atom stereocenters. The quantitative estimate of drug-likeness (QED) is 0.754. The van der Waals surface area contributed by atoms with E-state index in [1.165, 1.54) is 18.6 Å². The third-order valence-corrected chi connectivity index (χ3v) is 4.53. The van der Waals surface area contributed by atoms with Crippen molar-refractivity contribution in [3.8, 4) is 0 Å². The molecule has 2 heterocycles. The number of benzene rings is 2. The van der Waals surface area contributed by atoms with Gasteiger partial charge in [0, 0.05) is 11.3 Å². The average Bonchev–Trinajstić information content (AvgIpc) is 3.16. The SMILES string of the molecule is O=C(O)c1cccc2c1C(=O)C(c1ccoc1)C(c1ccccc1)N2. The molecule has 0 fully saturated rings. The zero-order valence-electron chi connectivity index (χ0n) is 13.2. The van der Waals surface area contributed by atoms with Gasteiger partial charge in [0.2, 0.25) is 0 Å². The summed E-state index contributed by atoms with van der Waals surface area (Å²) in [4.78, 5) is 24.8. The number of carbonyl (C=O) groups excluding carboxylic acids is 1. The van der Waals surface area contributed by atoms with Gasteiger partial charge < -0.3 is 14.8 Å². The summed E-state index contributed by atoms with van der Waals surface area (Å²) in [6, 6.07) is 15.9. The first-order valence-corrected chi connectivity index (χ1v) is 7.91. The highest BCUT2D eigenvalue weighted by Gasteiger charge is 2.39. The van der Waals surface area contributed by atoms with E-state index in [4.69, 9.17) is 4.42 Å². The van der Waals surface area contributed by atoms with Crippen LogP contribution in [0.5, 0.6) is 0 Å². The number of aromatic carboxylic acids is 1. The lowest BCUT2D eigenvalue weighted by Gasteiger charge is -2.34. The summed E-state index contributed by atoms with van der Waals surface area (Å²) in [5.74, 6) is -1.90. The number of Topliss-reactive ketones (excluding diaryl/α,β-unsaturated/α-hetero) is 1. The third kappa shape index (κ3) is 2.50. The number of rotatable bonds is 3. The Morgan fingerprint density at radius 3 is 2.48 bits per heavy atom. The minimum atomic E-state index is -1.11. The van der Waals surface area contributed by atoms with Crippen LogP contribution in [0.2, 0.25) is 0 Å². The van der Waals surface area contributed by atoms with Gasteiger partial charge in [0.15, 0.2) is 5.78 Å². The monoisotopic (exact) mass is 333 g/mol. The molecule has 25 heavy (non-hydrogen) atoms. The van der Waals surface area contributed by atoms with Crippen LogP contribution in [0.25, 0.3) is 0 Å². The molecule has 5 nitrogen and oxygen atoms in total. The zero-order valence-corrected chi connectivity index (χ0v) is 13.2. The van der Waals surface area contributed by atoms with Gasteiger partial charge in [0.1, 0.15) is 0 Å². The number of anilines is 1. The fraction of sp³-hybridized carbons (Fsp3) is 0.100. The van der Waals surface area contributed by atoms with Crippen LogP contribution in [-0.2, 0) is 0 Å². The Kier molecular flexibility index (Phi) is 3.61. The van der Waals surface area contributed by atoms with Gasteiger partial charge in [-0.25, -0.2) is 4.79 Å². The summed E-state index contributed by atoms with van der Waals surface area (Å²) in [5, 5.41) is 12.8. The Balaban J connectivity index is 1.91. The smallest absolute Gasteiger partial charge is 0.336 e. The molecule has 0 spiro atoms. The number of carboxylic acid groups (broad SMARTS) is 1. The Morgan fingerprint density at radius 1 is 1.00 bits per heavy atom. The van der Waals surface area contributed by atoms with Crippen molar-refractivity contribution in [3.05, 3.63) is 89.4 Å². The maximum Gasteiger partial charge on any atom is 0.336 e. The largest absolute Gasteiger partial charge is 0.478 e. The summed E-state index contributed by atoms with van der Waals surface area (Å²) in [6.45, 7) is 0. The zero-order chi connectivity index (χ0) is 17.4. The summed E-state index contributed by atoms with van der Waals surface area (Å²) >= 11 is 0. The topological polar surface area (TPSA) is 79.5 Å². The van der Waals surface area contributed by atoms with Gasteiger partial charge in [0.05, 0.1) is 35.6 Å². The lowest BCUT2D eigenvalue weighted by molar-refractivity contribution is 0.0690.